The average molecular weight is 222 g/mol. The first-order chi connectivity index (χ1) is 7.27. The van der Waals surface area contributed by atoms with E-state index >= 15 is 0 Å². The Morgan fingerprint density at radius 1 is 1.60 bits per heavy atom. The molecule has 1 aliphatic rings. The Morgan fingerprint density at radius 3 is 3.13 bits per heavy atom. The summed E-state index contributed by atoms with van der Waals surface area (Å²) in [6, 6.07) is 1.80. The smallest absolute Gasteiger partial charge is 0.256 e. The molecule has 2 heterocycles. The SMILES string of the molecule is NC(=O)C1=CN(c2ccncn2)CCS1. The van der Waals surface area contributed by atoms with E-state index in [0.717, 1.165) is 18.1 Å². The van der Waals surface area contributed by atoms with Crippen molar-refractivity contribution in [3.05, 3.63) is 29.7 Å². The van der Waals surface area contributed by atoms with Gasteiger partial charge in [-0.25, -0.2) is 9.97 Å². The zero-order chi connectivity index (χ0) is 10.7. The number of amides is 1. The van der Waals surface area contributed by atoms with E-state index in [1.165, 1.54) is 18.1 Å². The molecule has 2 rings (SSSR count). The van der Waals surface area contributed by atoms with Gasteiger partial charge in [0.05, 0.1) is 4.91 Å². The maximum Gasteiger partial charge on any atom is 0.256 e. The van der Waals surface area contributed by atoms with Crippen LogP contribution in [-0.4, -0.2) is 28.2 Å². The van der Waals surface area contributed by atoms with Crippen LogP contribution in [0.15, 0.2) is 29.7 Å². The van der Waals surface area contributed by atoms with Crippen LogP contribution in [0.4, 0.5) is 5.82 Å². The number of nitrogens with two attached hydrogens (primary N) is 1. The number of hydrogen-bond acceptors (Lipinski definition) is 5. The van der Waals surface area contributed by atoms with E-state index in [9.17, 15) is 4.79 Å². The van der Waals surface area contributed by atoms with Crippen LogP contribution in [0.3, 0.4) is 0 Å². The van der Waals surface area contributed by atoms with Crippen LogP contribution < -0.4 is 10.6 Å². The first kappa shape index (κ1) is 9.97. The number of thioether (sulfide) groups is 1. The fourth-order valence-corrected chi connectivity index (χ4v) is 2.12. The van der Waals surface area contributed by atoms with Gasteiger partial charge in [-0.15, -0.1) is 11.8 Å². The number of carbonyl (C=O) groups is 1. The molecule has 0 saturated carbocycles. The van der Waals surface area contributed by atoms with Crippen molar-refractivity contribution in [2.45, 2.75) is 0 Å². The lowest BCUT2D eigenvalue weighted by atomic mass is 10.4. The third-order valence-corrected chi connectivity index (χ3v) is 2.97. The van der Waals surface area contributed by atoms with Crippen molar-refractivity contribution in [1.82, 2.24) is 9.97 Å². The Hall–Kier alpha value is -1.56. The molecule has 0 fully saturated rings. The number of nitrogens with zero attached hydrogens (tertiary/aromatic N) is 3. The highest BCUT2D eigenvalue weighted by Gasteiger charge is 2.16. The number of primary amides is 1. The fraction of sp³-hybridized carbons (Fsp3) is 0.222. The molecule has 0 aromatic carbocycles. The van der Waals surface area contributed by atoms with Crippen LogP contribution in [0, 0.1) is 0 Å². The van der Waals surface area contributed by atoms with E-state index in [1.54, 1.807) is 18.5 Å². The molecule has 0 saturated heterocycles. The maximum atomic E-state index is 11.0. The van der Waals surface area contributed by atoms with Gasteiger partial charge in [-0.3, -0.25) is 4.79 Å². The molecular weight excluding hydrogens is 212 g/mol. The van der Waals surface area contributed by atoms with Crippen molar-refractivity contribution in [3.8, 4) is 0 Å². The summed E-state index contributed by atoms with van der Waals surface area (Å²) in [5.74, 6) is 1.22. The molecule has 0 bridgehead atoms. The summed E-state index contributed by atoms with van der Waals surface area (Å²) in [4.78, 5) is 21.4. The minimum Gasteiger partial charge on any atom is -0.365 e. The minimum absolute atomic E-state index is 0.390. The second-order valence-electron chi connectivity index (χ2n) is 2.97. The highest BCUT2D eigenvalue weighted by Crippen LogP contribution is 2.23. The molecule has 0 aliphatic carbocycles. The average Bonchev–Trinajstić information content (AvgIpc) is 2.30. The summed E-state index contributed by atoms with van der Waals surface area (Å²) in [6.45, 7) is 0.818. The number of aromatic nitrogens is 2. The Bertz CT molecular complexity index is 392. The van der Waals surface area contributed by atoms with E-state index in [2.05, 4.69) is 9.97 Å². The Balaban J connectivity index is 2.24. The topological polar surface area (TPSA) is 72.1 Å². The van der Waals surface area contributed by atoms with Crippen LogP contribution in [0.1, 0.15) is 0 Å². The molecule has 1 aliphatic heterocycles. The molecule has 0 radical (unpaired) electrons. The lowest BCUT2D eigenvalue weighted by molar-refractivity contribution is -0.113. The summed E-state index contributed by atoms with van der Waals surface area (Å²) < 4.78 is 0. The highest BCUT2D eigenvalue weighted by atomic mass is 32.2. The van der Waals surface area contributed by atoms with Crippen LogP contribution in [0.2, 0.25) is 0 Å². The quantitative estimate of drug-likeness (QED) is 0.782. The van der Waals surface area contributed by atoms with E-state index in [1.807, 2.05) is 4.90 Å². The summed E-state index contributed by atoms with van der Waals surface area (Å²) in [6.07, 6.45) is 4.88. The largest absolute Gasteiger partial charge is 0.365 e. The molecule has 1 amide bonds. The van der Waals surface area contributed by atoms with Crippen LogP contribution in [0.5, 0.6) is 0 Å². The van der Waals surface area contributed by atoms with Crippen LogP contribution >= 0.6 is 11.8 Å². The molecule has 78 valence electrons. The lowest BCUT2D eigenvalue weighted by Gasteiger charge is -2.23. The van der Waals surface area contributed by atoms with Gasteiger partial charge < -0.3 is 10.6 Å². The second kappa shape index (κ2) is 4.31. The van der Waals surface area contributed by atoms with Gasteiger partial charge in [-0.1, -0.05) is 0 Å². The summed E-state index contributed by atoms with van der Waals surface area (Å²) in [7, 11) is 0. The zero-order valence-corrected chi connectivity index (χ0v) is 8.78. The van der Waals surface area contributed by atoms with Gasteiger partial charge >= 0.3 is 0 Å². The highest BCUT2D eigenvalue weighted by molar-refractivity contribution is 8.04. The lowest BCUT2D eigenvalue weighted by Crippen LogP contribution is -2.27. The Kier molecular flexibility index (Phi) is 2.86. The normalized spacial score (nSPS) is 16.0. The number of anilines is 1. The number of carbonyl (C=O) groups excluding carboxylic acids is 1. The standard InChI is InChI=1S/C9H10N4OS/c10-9(14)7-5-13(3-4-15-7)8-1-2-11-6-12-8/h1-2,5-6H,3-4H2,(H2,10,14). The Morgan fingerprint density at radius 2 is 2.47 bits per heavy atom. The molecule has 1 aromatic heterocycles. The molecule has 2 N–H and O–H groups in total. The molecule has 15 heavy (non-hydrogen) atoms. The second-order valence-corrected chi connectivity index (χ2v) is 4.10. The number of rotatable bonds is 2. The first-order valence-corrected chi connectivity index (χ1v) is 5.43. The predicted molar refractivity (Wildman–Crippen MR) is 59.1 cm³/mol. The minimum atomic E-state index is -0.390. The fourth-order valence-electron chi connectivity index (χ4n) is 1.27. The third-order valence-electron chi connectivity index (χ3n) is 1.97. The van der Waals surface area contributed by atoms with E-state index in [4.69, 9.17) is 5.73 Å². The molecular formula is C9H10N4OS. The van der Waals surface area contributed by atoms with Gasteiger partial charge in [-0.05, 0) is 6.07 Å². The summed E-state index contributed by atoms with van der Waals surface area (Å²) >= 11 is 1.47. The van der Waals surface area contributed by atoms with Crippen molar-refractivity contribution in [2.75, 3.05) is 17.2 Å². The molecule has 5 nitrogen and oxygen atoms in total. The molecule has 0 unspecified atom stereocenters. The van der Waals surface area contributed by atoms with Gasteiger partial charge in [0.1, 0.15) is 12.1 Å². The van der Waals surface area contributed by atoms with Gasteiger partial charge in [0.25, 0.3) is 5.91 Å². The Labute approximate surface area is 91.4 Å². The molecule has 1 aromatic rings. The van der Waals surface area contributed by atoms with E-state index in [-0.39, 0.29) is 0 Å². The zero-order valence-electron chi connectivity index (χ0n) is 7.96. The predicted octanol–water partition coefficient (Wildman–Crippen LogP) is 0.357. The maximum absolute atomic E-state index is 11.0. The first-order valence-electron chi connectivity index (χ1n) is 4.44. The molecule has 0 spiro atoms. The van der Waals surface area contributed by atoms with Crippen LogP contribution in [-0.2, 0) is 4.79 Å². The van der Waals surface area contributed by atoms with E-state index in [0.29, 0.717) is 4.91 Å². The van der Waals surface area contributed by atoms with Crippen molar-refractivity contribution < 1.29 is 4.79 Å². The summed E-state index contributed by atoms with van der Waals surface area (Å²) in [5, 5.41) is 0. The van der Waals surface area contributed by atoms with Crippen molar-refractivity contribution in [2.24, 2.45) is 5.73 Å². The van der Waals surface area contributed by atoms with Crippen LogP contribution in [0.25, 0.3) is 0 Å². The number of hydrogen-bond donors (Lipinski definition) is 1. The summed E-state index contributed by atoms with van der Waals surface area (Å²) in [5.41, 5.74) is 5.22. The molecule has 0 atom stereocenters. The van der Waals surface area contributed by atoms with E-state index < -0.39 is 5.91 Å². The monoisotopic (exact) mass is 222 g/mol. The van der Waals surface area contributed by atoms with Crippen molar-refractivity contribution >= 4 is 23.5 Å². The van der Waals surface area contributed by atoms with Crippen molar-refractivity contribution in [3.63, 3.8) is 0 Å². The van der Waals surface area contributed by atoms with Gasteiger partial charge in [-0.2, -0.15) is 0 Å². The van der Waals surface area contributed by atoms with Gasteiger partial charge in [0, 0.05) is 24.7 Å². The van der Waals surface area contributed by atoms with Gasteiger partial charge in [0.2, 0.25) is 0 Å². The molecule has 6 heteroatoms. The third kappa shape index (κ3) is 2.27. The van der Waals surface area contributed by atoms with Crippen molar-refractivity contribution in [1.29, 1.82) is 0 Å². The van der Waals surface area contributed by atoms with Gasteiger partial charge in [0.15, 0.2) is 0 Å².